The molecule has 0 radical (unpaired) electrons. The van der Waals surface area contributed by atoms with Gasteiger partial charge >= 0.3 is 0 Å². The Bertz CT molecular complexity index is 1190. The first kappa shape index (κ1) is 12.8. The van der Waals surface area contributed by atoms with Crippen LogP contribution in [0.4, 0.5) is 0 Å². The lowest BCUT2D eigenvalue weighted by Crippen LogP contribution is -1.97. The van der Waals surface area contributed by atoms with Crippen LogP contribution in [0, 0.1) is 12.8 Å². The Morgan fingerprint density at radius 2 is 1.67 bits per heavy atom. The number of hydrogen-bond donors (Lipinski definition) is 0. The number of benzene rings is 4. The average molecular weight is 306 g/mol. The smallest absolute Gasteiger partial charge is 0.00578 e. The van der Waals surface area contributed by atoms with Crippen molar-refractivity contribution in [1.29, 1.82) is 0 Å². The summed E-state index contributed by atoms with van der Waals surface area (Å²) in [6.07, 6.45) is 6.14. The molecule has 2 aliphatic rings. The van der Waals surface area contributed by atoms with Crippen molar-refractivity contribution < 1.29 is 0 Å². The summed E-state index contributed by atoms with van der Waals surface area (Å²) in [4.78, 5) is 0. The van der Waals surface area contributed by atoms with Crippen molar-refractivity contribution in [1.82, 2.24) is 0 Å². The van der Waals surface area contributed by atoms with Crippen molar-refractivity contribution in [3.05, 3.63) is 77.4 Å². The Morgan fingerprint density at radius 3 is 2.58 bits per heavy atom. The fraction of sp³-hybridized carbons (Fsp3) is 0.167. The first-order valence-corrected chi connectivity index (χ1v) is 8.87. The highest BCUT2D eigenvalue weighted by molar-refractivity contribution is 6.21. The molecule has 0 saturated heterocycles. The first-order valence-electron chi connectivity index (χ1n) is 8.87. The van der Waals surface area contributed by atoms with Gasteiger partial charge in [-0.3, -0.25) is 0 Å². The third-order valence-electron chi connectivity index (χ3n) is 5.96. The lowest BCUT2D eigenvalue weighted by Gasteiger charge is -2.19. The molecule has 0 nitrogen and oxygen atoms in total. The fourth-order valence-corrected chi connectivity index (χ4v) is 4.74. The molecule has 1 fully saturated rings. The highest BCUT2D eigenvalue weighted by Gasteiger charge is 2.41. The molecule has 2 aliphatic carbocycles. The quantitative estimate of drug-likeness (QED) is 0.322. The Labute approximate surface area is 141 Å². The second-order valence-electron chi connectivity index (χ2n) is 7.45. The number of rotatable bonds is 0. The van der Waals surface area contributed by atoms with Crippen molar-refractivity contribution >= 4 is 38.4 Å². The maximum Gasteiger partial charge on any atom is -0.00578 e. The van der Waals surface area contributed by atoms with E-state index in [0.717, 1.165) is 11.8 Å². The van der Waals surface area contributed by atoms with Gasteiger partial charge in [0.1, 0.15) is 0 Å². The molecule has 0 N–H and O–H groups in total. The van der Waals surface area contributed by atoms with Crippen molar-refractivity contribution in [2.45, 2.75) is 19.3 Å². The van der Waals surface area contributed by atoms with Gasteiger partial charge in [0.25, 0.3) is 0 Å². The molecule has 24 heavy (non-hydrogen) atoms. The Hall–Kier alpha value is -2.60. The highest BCUT2D eigenvalue weighted by atomic mass is 14.4. The summed E-state index contributed by atoms with van der Waals surface area (Å²) in [6.45, 7) is 2.18. The summed E-state index contributed by atoms with van der Waals surface area (Å²) >= 11 is 0. The molecule has 4 aromatic rings. The minimum atomic E-state index is 0.726. The van der Waals surface area contributed by atoms with Crippen LogP contribution in [0.3, 0.4) is 0 Å². The zero-order chi connectivity index (χ0) is 15.8. The van der Waals surface area contributed by atoms with Crippen molar-refractivity contribution in [3.8, 4) is 0 Å². The van der Waals surface area contributed by atoms with E-state index in [4.69, 9.17) is 0 Å². The molecular formula is C24H18. The Balaban J connectivity index is 1.94. The lowest BCUT2D eigenvalue weighted by molar-refractivity contribution is 1.01. The zero-order valence-corrected chi connectivity index (χ0v) is 13.7. The second-order valence-corrected chi connectivity index (χ2v) is 7.45. The molecular weight excluding hydrogens is 288 g/mol. The van der Waals surface area contributed by atoms with E-state index in [9.17, 15) is 0 Å². The summed E-state index contributed by atoms with van der Waals surface area (Å²) in [7, 11) is 0. The van der Waals surface area contributed by atoms with E-state index in [1.165, 1.54) is 49.9 Å². The van der Waals surface area contributed by atoms with Gasteiger partial charge in [-0.2, -0.15) is 0 Å². The zero-order valence-electron chi connectivity index (χ0n) is 13.7. The van der Waals surface area contributed by atoms with E-state index >= 15 is 0 Å². The van der Waals surface area contributed by atoms with Gasteiger partial charge in [-0.25, -0.2) is 0 Å². The average Bonchev–Trinajstić information content (AvgIpc) is 3.40. The standard InChI is InChI=1S/C24H18/c1-14-6-9-17-15(12-14)7-10-20-18-4-2-3-5-19(18)21-11-8-16-13-22(16)24(21)23(17)20/h2-12,16,22H,13H2,1H3. The van der Waals surface area contributed by atoms with Gasteiger partial charge < -0.3 is 0 Å². The highest BCUT2D eigenvalue weighted by Crippen LogP contribution is 2.56. The minimum absolute atomic E-state index is 0.726. The molecule has 114 valence electrons. The summed E-state index contributed by atoms with van der Waals surface area (Å²) in [5.41, 5.74) is 4.40. The Morgan fingerprint density at radius 1 is 0.833 bits per heavy atom. The number of aryl methyl sites for hydroxylation is 1. The Kier molecular flexibility index (Phi) is 2.27. The van der Waals surface area contributed by atoms with Gasteiger partial charge in [-0.15, -0.1) is 0 Å². The maximum atomic E-state index is 2.43. The van der Waals surface area contributed by atoms with Crippen LogP contribution < -0.4 is 0 Å². The molecule has 2 unspecified atom stereocenters. The van der Waals surface area contributed by atoms with E-state index in [1.54, 1.807) is 5.56 Å². The molecule has 0 aromatic heterocycles. The van der Waals surface area contributed by atoms with E-state index < -0.39 is 0 Å². The summed E-state index contributed by atoms with van der Waals surface area (Å²) in [6, 6.07) is 20.5. The van der Waals surface area contributed by atoms with Crippen LogP contribution in [0.15, 0.2) is 60.7 Å². The summed E-state index contributed by atoms with van der Waals surface area (Å²) in [5, 5.41) is 8.50. The van der Waals surface area contributed by atoms with Crippen LogP contribution >= 0.6 is 0 Å². The van der Waals surface area contributed by atoms with Crippen LogP contribution in [0.2, 0.25) is 0 Å². The number of hydrogen-bond acceptors (Lipinski definition) is 0. The molecule has 2 atom stereocenters. The summed E-state index contributed by atoms with van der Waals surface area (Å²) in [5.74, 6) is 1.49. The molecule has 0 bridgehead atoms. The molecule has 0 heteroatoms. The molecule has 0 spiro atoms. The van der Waals surface area contributed by atoms with Crippen molar-refractivity contribution in [3.63, 3.8) is 0 Å². The summed E-state index contributed by atoms with van der Waals surface area (Å²) < 4.78 is 0. The predicted molar refractivity (Wildman–Crippen MR) is 104 cm³/mol. The van der Waals surface area contributed by atoms with Gasteiger partial charge in [0.2, 0.25) is 0 Å². The van der Waals surface area contributed by atoms with E-state index in [-0.39, 0.29) is 0 Å². The fourth-order valence-electron chi connectivity index (χ4n) is 4.74. The van der Waals surface area contributed by atoms with E-state index in [0.29, 0.717) is 0 Å². The van der Waals surface area contributed by atoms with Crippen LogP contribution in [0.5, 0.6) is 0 Å². The van der Waals surface area contributed by atoms with Gasteiger partial charge in [0.15, 0.2) is 0 Å². The van der Waals surface area contributed by atoms with Crippen molar-refractivity contribution in [2.24, 2.45) is 5.92 Å². The topological polar surface area (TPSA) is 0 Å². The van der Waals surface area contributed by atoms with Crippen LogP contribution in [-0.4, -0.2) is 0 Å². The van der Waals surface area contributed by atoms with Gasteiger partial charge in [-0.1, -0.05) is 72.3 Å². The lowest BCUT2D eigenvalue weighted by atomic mass is 9.84. The minimum Gasteiger partial charge on any atom is -0.0802 e. The number of allylic oxidation sites excluding steroid dienone is 1. The monoisotopic (exact) mass is 306 g/mol. The molecule has 0 heterocycles. The molecule has 0 amide bonds. The van der Waals surface area contributed by atoms with Crippen LogP contribution in [0.25, 0.3) is 38.4 Å². The first-order chi connectivity index (χ1) is 11.8. The number of fused-ring (bicyclic) bond motifs is 10. The normalized spacial score (nSPS) is 21.2. The molecule has 4 aromatic carbocycles. The predicted octanol–water partition coefficient (Wildman–Crippen LogP) is 6.58. The van der Waals surface area contributed by atoms with Crippen LogP contribution in [0.1, 0.15) is 29.0 Å². The third-order valence-corrected chi connectivity index (χ3v) is 5.96. The molecule has 1 saturated carbocycles. The van der Waals surface area contributed by atoms with Crippen LogP contribution in [-0.2, 0) is 0 Å². The molecule has 0 aliphatic heterocycles. The largest absolute Gasteiger partial charge is 0.0802 e. The van der Waals surface area contributed by atoms with E-state index in [1.807, 2.05) is 0 Å². The van der Waals surface area contributed by atoms with Gasteiger partial charge in [-0.05, 0) is 68.6 Å². The maximum absolute atomic E-state index is 2.43. The van der Waals surface area contributed by atoms with Gasteiger partial charge in [0, 0.05) is 0 Å². The van der Waals surface area contributed by atoms with Crippen molar-refractivity contribution in [2.75, 3.05) is 0 Å². The van der Waals surface area contributed by atoms with E-state index in [2.05, 4.69) is 73.7 Å². The SMILES string of the molecule is Cc1ccc2c(ccc3c4ccccc4c4c(c23)C2CC2C=C4)c1. The second kappa shape index (κ2) is 4.27. The third kappa shape index (κ3) is 1.54. The van der Waals surface area contributed by atoms with Gasteiger partial charge in [0.05, 0.1) is 0 Å². The molecule has 6 rings (SSSR count).